The van der Waals surface area contributed by atoms with Crippen molar-refractivity contribution in [3.05, 3.63) is 47.5 Å². The SMILES string of the molecule is CC1CNC(=O)C(CC(=O)N2Cc3ccccc3CC2CO)CC=CCCC(=O)O1. The number of nitrogens with one attached hydrogen (secondary N) is 1. The van der Waals surface area contributed by atoms with Crippen molar-refractivity contribution in [2.45, 2.75) is 57.7 Å². The normalized spacial score (nSPS) is 25.4. The first-order valence-corrected chi connectivity index (χ1v) is 10.6. The molecule has 0 saturated carbocycles. The van der Waals surface area contributed by atoms with Gasteiger partial charge in [0.2, 0.25) is 11.8 Å². The number of aliphatic hydroxyl groups excluding tert-OH is 1. The zero-order chi connectivity index (χ0) is 21.5. The topological polar surface area (TPSA) is 95.9 Å². The van der Waals surface area contributed by atoms with Crippen LogP contribution in [0.4, 0.5) is 0 Å². The molecule has 0 spiro atoms. The lowest BCUT2D eigenvalue weighted by molar-refractivity contribution is -0.148. The van der Waals surface area contributed by atoms with Gasteiger partial charge in [-0.1, -0.05) is 36.4 Å². The molecule has 0 aromatic heterocycles. The smallest absolute Gasteiger partial charge is 0.306 e. The van der Waals surface area contributed by atoms with E-state index in [4.69, 9.17) is 4.74 Å². The minimum Gasteiger partial charge on any atom is -0.461 e. The molecule has 1 aromatic carbocycles. The van der Waals surface area contributed by atoms with E-state index in [2.05, 4.69) is 5.32 Å². The molecule has 3 unspecified atom stereocenters. The van der Waals surface area contributed by atoms with Gasteiger partial charge in [-0.2, -0.15) is 0 Å². The van der Waals surface area contributed by atoms with Gasteiger partial charge >= 0.3 is 5.97 Å². The van der Waals surface area contributed by atoms with Crippen molar-refractivity contribution >= 4 is 17.8 Å². The number of allylic oxidation sites excluding steroid dienone is 2. The van der Waals surface area contributed by atoms with Crippen LogP contribution < -0.4 is 5.32 Å². The zero-order valence-electron chi connectivity index (χ0n) is 17.4. The number of aliphatic hydroxyl groups is 1. The van der Waals surface area contributed by atoms with Gasteiger partial charge in [-0.25, -0.2) is 0 Å². The summed E-state index contributed by atoms with van der Waals surface area (Å²) in [5.41, 5.74) is 2.23. The summed E-state index contributed by atoms with van der Waals surface area (Å²) in [5.74, 6) is -1.15. The van der Waals surface area contributed by atoms with Crippen LogP contribution in [-0.4, -0.2) is 53.1 Å². The van der Waals surface area contributed by atoms with E-state index in [9.17, 15) is 19.5 Å². The van der Waals surface area contributed by atoms with Crippen LogP contribution in [0.2, 0.25) is 0 Å². The highest BCUT2D eigenvalue weighted by Gasteiger charge is 2.32. The summed E-state index contributed by atoms with van der Waals surface area (Å²) in [7, 11) is 0. The summed E-state index contributed by atoms with van der Waals surface area (Å²) in [6.45, 7) is 2.28. The number of rotatable bonds is 3. The van der Waals surface area contributed by atoms with Gasteiger partial charge in [0.05, 0.1) is 25.1 Å². The number of nitrogens with zero attached hydrogens (tertiary/aromatic N) is 1. The second-order valence-electron chi connectivity index (χ2n) is 8.02. The lowest BCUT2D eigenvalue weighted by atomic mass is 9.92. The maximum atomic E-state index is 13.1. The Bertz CT molecular complexity index is 807. The van der Waals surface area contributed by atoms with Crippen LogP contribution in [0.5, 0.6) is 0 Å². The van der Waals surface area contributed by atoms with Crippen LogP contribution >= 0.6 is 0 Å². The second kappa shape index (κ2) is 10.4. The molecule has 0 aliphatic carbocycles. The summed E-state index contributed by atoms with van der Waals surface area (Å²) in [4.78, 5) is 39.2. The number of carbonyl (C=O) groups excluding carboxylic acids is 3. The van der Waals surface area contributed by atoms with Crippen molar-refractivity contribution in [2.24, 2.45) is 5.92 Å². The van der Waals surface area contributed by atoms with Gasteiger partial charge in [0.25, 0.3) is 0 Å². The van der Waals surface area contributed by atoms with E-state index in [1.54, 1.807) is 11.8 Å². The maximum absolute atomic E-state index is 13.1. The van der Waals surface area contributed by atoms with Crippen LogP contribution in [0, 0.1) is 5.92 Å². The average molecular weight is 415 g/mol. The highest BCUT2D eigenvalue weighted by atomic mass is 16.5. The fourth-order valence-corrected chi connectivity index (χ4v) is 3.95. The van der Waals surface area contributed by atoms with E-state index >= 15 is 0 Å². The first-order chi connectivity index (χ1) is 14.5. The van der Waals surface area contributed by atoms with Crippen LogP contribution in [0.25, 0.3) is 0 Å². The van der Waals surface area contributed by atoms with Gasteiger partial charge < -0.3 is 20.1 Å². The number of ether oxygens (including phenoxy) is 1. The number of cyclic esters (lactones) is 1. The minimum absolute atomic E-state index is 0.0724. The minimum atomic E-state index is -0.507. The standard InChI is InChI=1S/C23H30N2O5/c1-16-13-24-23(29)18(8-3-2-4-10-22(28)30-16)12-21(27)25-14-19-9-6-5-7-17(19)11-20(25)15-26/h2-3,5-7,9,16,18,20,26H,4,8,10-15H2,1H3,(H,24,29). The molecule has 3 rings (SSSR count). The molecule has 2 aliphatic heterocycles. The predicted molar refractivity (Wildman–Crippen MR) is 111 cm³/mol. The Kier molecular flexibility index (Phi) is 7.63. The van der Waals surface area contributed by atoms with E-state index in [-0.39, 0.29) is 43.4 Å². The Hall–Kier alpha value is -2.67. The number of esters is 1. The van der Waals surface area contributed by atoms with Crippen molar-refractivity contribution in [2.75, 3.05) is 13.2 Å². The summed E-state index contributed by atoms with van der Waals surface area (Å²) in [6, 6.07) is 7.65. The number of carbonyl (C=O) groups is 3. The van der Waals surface area contributed by atoms with Gasteiger partial charge in [-0.05, 0) is 37.3 Å². The molecule has 30 heavy (non-hydrogen) atoms. The van der Waals surface area contributed by atoms with Gasteiger partial charge in [-0.15, -0.1) is 0 Å². The molecule has 0 bridgehead atoms. The maximum Gasteiger partial charge on any atom is 0.306 e. The summed E-state index contributed by atoms with van der Waals surface area (Å²) in [6.07, 6.45) is 5.23. The number of amides is 2. The molecule has 7 nitrogen and oxygen atoms in total. The number of fused-ring (bicyclic) bond motifs is 1. The highest BCUT2D eigenvalue weighted by molar-refractivity contribution is 5.86. The molecular formula is C23H30N2O5. The van der Waals surface area contributed by atoms with Crippen molar-refractivity contribution in [1.82, 2.24) is 10.2 Å². The quantitative estimate of drug-likeness (QED) is 0.580. The Morgan fingerprint density at radius 3 is 2.77 bits per heavy atom. The Morgan fingerprint density at radius 2 is 2.00 bits per heavy atom. The van der Waals surface area contributed by atoms with Crippen molar-refractivity contribution in [3.8, 4) is 0 Å². The predicted octanol–water partition coefficient (Wildman–Crippen LogP) is 1.73. The van der Waals surface area contributed by atoms with Crippen molar-refractivity contribution in [1.29, 1.82) is 0 Å². The molecule has 2 heterocycles. The van der Waals surface area contributed by atoms with E-state index in [1.807, 2.05) is 36.4 Å². The Balaban J connectivity index is 1.70. The zero-order valence-corrected chi connectivity index (χ0v) is 17.4. The lowest BCUT2D eigenvalue weighted by Gasteiger charge is -2.36. The fraction of sp³-hybridized carbons (Fsp3) is 0.522. The third-order valence-electron chi connectivity index (χ3n) is 5.68. The first kappa shape index (κ1) is 22.0. The molecule has 3 atom stereocenters. The first-order valence-electron chi connectivity index (χ1n) is 10.6. The average Bonchev–Trinajstić information content (AvgIpc) is 2.74. The van der Waals surface area contributed by atoms with Gasteiger partial charge in [0, 0.05) is 19.4 Å². The monoisotopic (exact) mass is 414 g/mol. The van der Waals surface area contributed by atoms with Crippen LogP contribution in [0.1, 0.15) is 43.7 Å². The van der Waals surface area contributed by atoms with Crippen LogP contribution in [-0.2, 0) is 32.1 Å². The molecule has 162 valence electrons. The third-order valence-corrected chi connectivity index (χ3v) is 5.68. The van der Waals surface area contributed by atoms with E-state index < -0.39 is 12.0 Å². The fourth-order valence-electron chi connectivity index (χ4n) is 3.95. The molecule has 0 fully saturated rings. The lowest BCUT2D eigenvalue weighted by Crippen LogP contribution is -2.47. The Morgan fingerprint density at radius 1 is 1.23 bits per heavy atom. The van der Waals surface area contributed by atoms with Crippen molar-refractivity contribution < 1.29 is 24.2 Å². The number of benzene rings is 1. The molecule has 2 aliphatic rings. The number of hydrogen-bond donors (Lipinski definition) is 2. The summed E-state index contributed by atoms with van der Waals surface area (Å²) in [5, 5.41) is 12.6. The van der Waals surface area contributed by atoms with Crippen LogP contribution in [0.15, 0.2) is 36.4 Å². The molecule has 1 aromatic rings. The van der Waals surface area contributed by atoms with Gasteiger partial charge in [-0.3, -0.25) is 14.4 Å². The van der Waals surface area contributed by atoms with Crippen molar-refractivity contribution in [3.63, 3.8) is 0 Å². The molecule has 7 heteroatoms. The summed E-state index contributed by atoms with van der Waals surface area (Å²) < 4.78 is 5.25. The highest BCUT2D eigenvalue weighted by Crippen LogP contribution is 2.25. The largest absolute Gasteiger partial charge is 0.461 e. The van der Waals surface area contributed by atoms with Gasteiger partial charge in [0.15, 0.2) is 0 Å². The molecule has 2 amide bonds. The van der Waals surface area contributed by atoms with E-state index in [0.29, 0.717) is 32.2 Å². The third kappa shape index (κ3) is 5.69. The second-order valence-corrected chi connectivity index (χ2v) is 8.02. The van der Waals surface area contributed by atoms with Gasteiger partial charge in [0.1, 0.15) is 6.10 Å². The molecule has 2 N–H and O–H groups in total. The molecule has 0 saturated heterocycles. The van der Waals surface area contributed by atoms with Crippen LogP contribution in [0.3, 0.4) is 0 Å². The number of hydrogen-bond acceptors (Lipinski definition) is 5. The Labute approximate surface area is 177 Å². The van der Waals surface area contributed by atoms with E-state index in [0.717, 1.165) is 11.1 Å². The molecule has 0 radical (unpaired) electrons. The molecular weight excluding hydrogens is 384 g/mol. The summed E-state index contributed by atoms with van der Waals surface area (Å²) >= 11 is 0. The van der Waals surface area contributed by atoms with E-state index in [1.165, 1.54) is 0 Å².